The Hall–Kier alpha value is -1.55. The number of methoxy groups -OCH3 is 1. The van der Waals surface area contributed by atoms with Gasteiger partial charge in [-0.1, -0.05) is 19.1 Å². The van der Waals surface area contributed by atoms with Gasteiger partial charge in [0.15, 0.2) is 0 Å². The summed E-state index contributed by atoms with van der Waals surface area (Å²) in [5.41, 5.74) is 2.54. The molecule has 1 unspecified atom stereocenters. The van der Waals surface area contributed by atoms with Crippen molar-refractivity contribution in [2.75, 3.05) is 20.3 Å². The molecule has 0 saturated heterocycles. The molecular formula is C15H21NO3. The number of hydrogen-bond acceptors (Lipinski definition) is 4. The van der Waals surface area contributed by atoms with Crippen LogP contribution in [0.25, 0.3) is 0 Å². The fraction of sp³-hybridized carbons (Fsp3) is 0.533. The van der Waals surface area contributed by atoms with Crippen molar-refractivity contribution in [1.29, 1.82) is 0 Å². The molecular weight excluding hydrogens is 242 g/mol. The maximum atomic E-state index is 11.1. The average Bonchev–Trinajstić information content (AvgIpc) is 2.90. The summed E-state index contributed by atoms with van der Waals surface area (Å²) in [5.74, 6) is 0.831. The molecule has 0 radical (unpaired) electrons. The van der Waals surface area contributed by atoms with Crippen LogP contribution in [0.3, 0.4) is 0 Å². The van der Waals surface area contributed by atoms with E-state index < -0.39 is 0 Å². The zero-order valence-corrected chi connectivity index (χ0v) is 11.6. The highest BCUT2D eigenvalue weighted by Gasteiger charge is 2.15. The van der Waals surface area contributed by atoms with E-state index in [9.17, 15) is 4.79 Å². The van der Waals surface area contributed by atoms with Crippen LogP contribution >= 0.6 is 0 Å². The summed E-state index contributed by atoms with van der Waals surface area (Å²) in [5, 5.41) is 3.40. The molecule has 1 aromatic rings. The molecule has 0 aromatic heterocycles. The molecule has 4 nitrogen and oxygen atoms in total. The summed E-state index contributed by atoms with van der Waals surface area (Å²) in [6.07, 6.45) is 2.38. The maximum absolute atomic E-state index is 11.1. The molecule has 0 fully saturated rings. The standard InChI is InChI=1S/C15H21NO3/c1-3-13(16-8-6-15(17)18-2)11-4-5-14-12(10-11)7-9-19-14/h4-5,10,13,16H,3,6-9H2,1-2H3. The van der Waals surface area contributed by atoms with Crippen molar-refractivity contribution in [2.24, 2.45) is 0 Å². The van der Waals surface area contributed by atoms with Crippen LogP contribution in [0.5, 0.6) is 5.75 Å². The van der Waals surface area contributed by atoms with Gasteiger partial charge in [0.25, 0.3) is 0 Å². The highest BCUT2D eigenvalue weighted by Crippen LogP contribution is 2.29. The van der Waals surface area contributed by atoms with E-state index in [1.165, 1.54) is 18.2 Å². The Labute approximate surface area is 114 Å². The zero-order chi connectivity index (χ0) is 13.7. The minimum absolute atomic E-state index is 0.176. The monoisotopic (exact) mass is 263 g/mol. The highest BCUT2D eigenvalue weighted by molar-refractivity contribution is 5.69. The summed E-state index contributed by atoms with van der Waals surface area (Å²) in [7, 11) is 1.42. The molecule has 1 atom stereocenters. The van der Waals surface area contributed by atoms with Crippen LogP contribution in [-0.2, 0) is 16.0 Å². The van der Waals surface area contributed by atoms with E-state index >= 15 is 0 Å². The van der Waals surface area contributed by atoms with E-state index in [1.54, 1.807) is 0 Å². The third-order valence-corrected chi connectivity index (χ3v) is 3.47. The molecule has 1 N–H and O–H groups in total. The second kappa shape index (κ2) is 6.57. The first-order valence-corrected chi connectivity index (χ1v) is 6.80. The van der Waals surface area contributed by atoms with Crippen LogP contribution in [0.2, 0.25) is 0 Å². The van der Waals surface area contributed by atoms with Gasteiger partial charge in [-0.3, -0.25) is 4.79 Å². The molecule has 1 aliphatic heterocycles. The predicted molar refractivity (Wildman–Crippen MR) is 73.3 cm³/mol. The van der Waals surface area contributed by atoms with Crippen LogP contribution in [0.1, 0.15) is 36.9 Å². The van der Waals surface area contributed by atoms with E-state index in [0.717, 1.165) is 25.2 Å². The van der Waals surface area contributed by atoms with Crippen molar-refractivity contribution in [3.63, 3.8) is 0 Å². The van der Waals surface area contributed by atoms with Crippen molar-refractivity contribution in [1.82, 2.24) is 5.32 Å². The lowest BCUT2D eigenvalue weighted by molar-refractivity contribution is -0.140. The van der Waals surface area contributed by atoms with Gasteiger partial charge in [-0.2, -0.15) is 0 Å². The molecule has 1 aliphatic rings. The Balaban J connectivity index is 1.95. The summed E-state index contributed by atoms with van der Waals surface area (Å²) < 4.78 is 10.1. The first-order valence-electron chi connectivity index (χ1n) is 6.80. The summed E-state index contributed by atoms with van der Waals surface area (Å²) in [6, 6.07) is 6.63. The summed E-state index contributed by atoms with van der Waals surface area (Å²) in [4.78, 5) is 11.1. The number of carbonyl (C=O) groups is 1. The average molecular weight is 263 g/mol. The lowest BCUT2D eigenvalue weighted by atomic mass is 10.0. The van der Waals surface area contributed by atoms with E-state index in [4.69, 9.17) is 4.74 Å². The van der Waals surface area contributed by atoms with Gasteiger partial charge in [0, 0.05) is 19.0 Å². The van der Waals surface area contributed by atoms with Gasteiger partial charge in [-0.25, -0.2) is 0 Å². The molecule has 0 aliphatic carbocycles. The van der Waals surface area contributed by atoms with Gasteiger partial charge in [0.05, 0.1) is 20.1 Å². The van der Waals surface area contributed by atoms with Crippen molar-refractivity contribution in [3.8, 4) is 5.75 Å². The van der Waals surface area contributed by atoms with Crippen LogP contribution in [-0.4, -0.2) is 26.2 Å². The number of esters is 1. The molecule has 19 heavy (non-hydrogen) atoms. The third kappa shape index (κ3) is 3.47. The van der Waals surface area contributed by atoms with Gasteiger partial charge >= 0.3 is 5.97 Å². The first kappa shape index (κ1) is 13.9. The molecule has 0 bridgehead atoms. The molecule has 4 heteroatoms. The van der Waals surface area contributed by atoms with Gasteiger partial charge in [0.2, 0.25) is 0 Å². The molecule has 1 heterocycles. The molecule has 0 amide bonds. The van der Waals surface area contributed by atoms with Crippen LogP contribution in [0.4, 0.5) is 0 Å². The topological polar surface area (TPSA) is 47.6 Å². The Kier molecular flexibility index (Phi) is 4.80. The largest absolute Gasteiger partial charge is 0.493 e. The predicted octanol–water partition coefficient (Wildman–Crippen LogP) is 2.23. The summed E-state index contributed by atoms with van der Waals surface area (Å²) in [6.45, 7) is 3.56. The highest BCUT2D eigenvalue weighted by atomic mass is 16.5. The van der Waals surface area contributed by atoms with Gasteiger partial charge in [0.1, 0.15) is 5.75 Å². The Bertz CT molecular complexity index is 445. The maximum Gasteiger partial charge on any atom is 0.306 e. The lowest BCUT2D eigenvalue weighted by Crippen LogP contribution is -2.24. The Morgan fingerprint density at radius 2 is 2.37 bits per heavy atom. The minimum Gasteiger partial charge on any atom is -0.493 e. The van der Waals surface area contributed by atoms with Crippen molar-refractivity contribution >= 4 is 5.97 Å². The van der Waals surface area contributed by atoms with E-state index in [-0.39, 0.29) is 12.0 Å². The fourth-order valence-corrected chi connectivity index (χ4v) is 2.37. The Morgan fingerprint density at radius 3 is 3.11 bits per heavy atom. The normalized spacial score (nSPS) is 14.6. The van der Waals surface area contributed by atoms with E-state index in [1.807, 2.05) is 6.07 Å². The lowest BCUT2D eigenvalue weighted by Gasteiger charge is -2.18. The van der Waals surface area contributed by atoms with Crippen LogP contribution < -0.4 is 10.1 Å². The quantitative estimate of drug-likeness (QED) is 0.800. The van der Waals surface area contributed by atoms with Gasteiger partial charge in [-0.15, -0.1) is 0 Å². The SMILES string of the molecule is CCC(NCCC(=O)OC)c1ccc2c(c1)CCO2. The smallest absolute Gasteiger partial charge is 0.306 e. The summed E-state index contributed by atoms with van der Waals surface area (Å²) >= 11 is 0. The van der Waals surface area contributed by atoms with Gasteiger partial charge in [-0.05, 0) is 23.6 Å². The molecule has 0 saturated carbocycles. The second-order valence-electron chi connectivity index (χ2n) is 4.71. The van der Waals surface area contributed by atoms with Crippen LogP contribution in [0.15, 0.2) is 18.2 Å². The first-order chi connectivity index (χ1) is 9.24. The zero-order valence-electron chi connectivity index (χ0n) is 11.6. The number of ether oxygens (including phenoxy) is 2. The van der Waals surface area contributed by atoms with E-state index in [0.29, 0.717) is 13.0 Å². The fourth-order valence-electron chi connectivity index (χ4n) is 2.37. The minimum atomic E-state index is -0.176. The van der Waals surface area contributed by atoms with Crippen molar-refractivity contribution < 1.29 is 14.3 Å². The van der Waals surface area contributed by atoms with Crippen LogP contribution in [0, 0.1) is 0 Å². The number of fused-ring (bicyclic) bond motifs is 1. The Morgan fingerprint density at radius 1 is 1.53 bits per heavy atom. The third-order valence-electron chi connectivity index (χ3n) is 3.47. The number of hydrogen-bond donors (Lipinski definition) is 1. The number of carbonyl (C=O) groups excluding carboxylic acids is 1. The van der Waals surface area contributed by atoms with Crippen molar-refractivity contribution in [3.05, 3.63) is 29.3 Å². The molecule has 104 valence electrons. The van der Waals surface area contributed by atoms with Gasteiger partial charge < -0.3 is 14.8 Å². The number of rotatable bonds is 6. The molecule has 2 rings (SSSR count). The molecule has 0 spiro atoms. The molecule has 1 aromatic carbocycles. The number of benzene rings is 1. The number of nitrogens with one attached hydrogen (secondary N) is 1. The second-order valence-corrected chi connectivity index (χ2v) is 4.71. The van der Waals surface area contributed by atoms with E-state index in [2.05, 4.69) is 29.1 Å². The van der Waals surface area contributed by atoms with Crippen molar-refractivity contribution in [2.45, 2.75) is 32.2 Å².